The number of aliphatic hydroxyl groups is 1. The average Bonchev–Trinajstić information content (AvgIpc) is 2.61. The number of ether oxygens (including phenoxy) is 1. The zero-order chi connectivity index (χ0) is 17.0. The quantitative estimate of drug-likeness (QED) is 0.505. The maximum absolute atomic E-state index is 8.70. The maximum atomic E-state index is 8.70. The molecule has 0 heterocycles. The number of aryl methyl sites for hydroxylation is 1. The van der Waals surface area contributed by atoms with E-state index in [4.69, 9.17) is 9.84 Å². The van der Waals surface area contributed by atoms with Crippen molar-refractivity contribution in [1.29, 1.82) is 0 Å². The molecule has 2 aromatic rings. The van der Waals surface area contributed by atoms with Gasteiger partial charge in [0.05, 0.1) is 6.61 Å². The Kier molecular flexibility index (Phi) is 14.1. The second kappa shape index (κ2) is 14.8. The zero-order valence-electron chi connectivity index (χ0n) is 15.2. The van der Waals surface area contributed by atoms with Gasteiger partial charge in [-0.1, -0.05) is 48.0 Å². The second-order valence-electron chi connectivity index (χ2n) is 5.89. The van der Waals surface area contributed by atoms with E-state index in [1.807, 2.05) is 18.2 Å². The van der Waals surface area contributed by atoms with Crippen LogP contribution in [0.5, 0.6) is 5.75 Å². The van der Waals surface area contributed by atoms with Crippen LogP contribution in [0.25, 0.3) is 0 Å². The molecule has 0 aliphatic carbocycles. The molecule has 3 N–H and O–H groups in total. The molecule has 0 aliphatic heterocycles. The van der Waals surface area contributed by atoms with Gasteiger partial charge in [0.2, 0.25) is 0 Å². The van der Waals surface area contributed by atoms with Gasteiger partial charge in [-0.15, -0.1) is 24.8 Å². The zero-order valence-corrected chi connectivity index (χ0v) is 16.9. The highest BCUT2D eigenvalue weighted by Crippen LogP contribution is 2.19. The summed E-state index contributed by atoms with van der Waals surface area (Å²) < 4.78 is 5.99. The summed E-state index contributed by atoms with van der Waals surface area (Å²) in [5.41, 5.74) is 3.61. The van der Waals surface area contributed by atoms with E-state index in [2.05, 4.69) is 47.9 Å². The van der Waals surface area contributed by atoms with E-state index in [0.29, 0.717) is 13.2 Å². The van der Waals surface area contributed by atoms with Crippen LogP contribution in [0.2, 0.25) is 0 Å². The standard InChI is InChI=1S/C20H28N2O2.2ClH/c1-17-7-9-18(10-8-17)16-24-20-6-3-2-5-19(20)15-22-12-4-11-21-13-14-23;;/h2-3,5-10,21-23H,4,11-16H2,1H3;2*1H. The molecular formula is C20H30Cl2N2O2. The Morgan fingerprint density at radius 1 is 0.885 bits per heavy atom. The number of halogens is 2. The molecule has 6 heteroatoms. The van der Waals surface area contributed by atoms with E-state index in [1.165, 1.54) is 16.7 Å². The number of aliphatic hydroxyl groups excluding tert-OH is 1. The lowest BCUT2D eigenvalue weighted by molar-refractivity contribution is 0.292. The number of hydrogen-bond donors (Lipinski definition) is 3. The van der Waals surface area contributed by atoms with Crippen molar-refractivity contribution in [2.24, 2.45) is 0 Å². The van der Waals surface area contributed by atoms with Crippen molar-refractivity contribution in [2.45, 2.75) is 26.5 Å². The van der Waals surface area contributed by atoms with Crippen molar-refractivity contribution in [2.75, 3.05) is 26.2 Å². The van der Waals surface area contributed by atoms with Crippen LogP contribution in [-0.2, 0) is 13.2 Å². The van der Waals surface area contributed by atoms with Crippen molar-refractivity contribution in [3.63, 3.8) is 0 Å². The minimum atomic E-state index is 0. The highest BCUT2D eigenvalue weighted by molar-refractivity contribution is 5.85. The molecule has 2 rings (SSSR count). The maximum Gasteiger partial charge on any atom is 0.124 e. The summed E-state index contributed by atoms with van der Waals surface area (Å²) >= 11 is 0. The summed E-state index contributed by atoms with van der Waals surface area (Å²) in [5, 5.41) is 15.3. The van der Waals surface area contributed by atoms with Crippen molar-refractivity contribution in [1.82, 2.24) is 10.6 Å². The predicted molar refractivity (Wildman–Crippen MR) is 113 cm³/mol. The number of nitrogens with one attached hydrogen (secondary N) is 2. The smallest absolute Gasteiger partial charge is 0.124 e. The third-order valence-corrected chi connectivity index (χ3v) is 3.80. The Balaban J connectivity index is 0.00000312. The van der Waals surface area contributed by atoms with Gasteiger partial charge >= 0.3 is 0 Å². The van der Waals surface area contributed by atoms with Crippen molar-refractivity contribution < 1.29 is 9.84 Å². The van der Waals surface area contributed by atoms with Gasteiger partial charge in [-0.25, -0.2) is 0 Å². The van der Waals surface area contributed by atoms with Crippen LogP contribution in [-0.4, -0.2) is 31.3 Å². The Hall–Kier alpha value is -1.30. The monoisotopic (exact) mass is 400 g/mol. The molecule has 2 aromatic carbocycles. The molecule has 0 spiro atoms. The Bertz CT molecular complexity index is 595. The third kappa shape index (κ3) is 9.41. The van der Waals surface area contributed by atoms with Crippen molar-refractivity contribution in [3.05, 3.63) is 65.2 Å². The van der Waals surface area contributed by atoms with Crippen LogP contribution in [0, 0.1) is 6.92 Å². The summed E-state index contributed by atoms with van der Waals surface area (Å²) in [6.07, 6.45) is 1.03. The Morgan fingerprint density at radius 3 is 2.31 bits per heavy atom. The number of para-hydroxylation sites is 1. The van der Waals surface area contributed by atoms with E-state index in [0.717, 1.165) is 31.8 Å². The number of rotatable bonds is 11. The van der Waals surface area contributed by atoms with Crippen LogP contribution in [0.4, 0.5) is 0 Å². The van der Waals surface area contributed by atoms with Gasteiger partial charge in [-0.2, -0.15) is 0 Å². The highest BCUT2D eigenvalue weighted by atomic mass is 35.5. The SMILES string of the molecule is Cc1ccc(COc2ccccc2CNCCCNCCO)cc1.Cl.Cl. The predicted octanol–water partition coefficient (Wildman–Crippen LogP) is 3.48. The molecule has 0 unspecified atom stereocenters. The second-order valence-corrected chi connectivity index (χ2v) is 5.89. The Labute approximate surface area is 169 Å². The summed E-state index contributed by atoms with van der Waals surface area (Å²) in [7, 11) is 0. The van der Waals surface area contributed by atoms with Gasteiger partial charge in [0, 0.05) is 18.7 Å². The molecule has 0 aromatic heterocycles. The first-order valence-corrected chi connectivity index (χ1v) is 8.58. The first-order chi connectivity index (χ1) is 11.8. The fourth-order valence-electron chi connectivity index (χ4n) is 2.40. The lowest BCUT2D eigenvalue weighted by Crippen LogP contribution is -2.24. The van der Waals surface area contributed by atoms with Crippen LogP contribution in [0.3, 0.4) is 0 Å². The lowest BCUT2D eigenvalue weighted by atomic mass is 10.1. The topological polar surface area (TPSA) is 53.5 Å². The minimum absolute atomic E-state index is 0. The van der Waals surface area contributed by atoms with Crippen LogP contribution in [0.15, 0.2) is 48.5 Å². The third-order valence-electron chi connectivity index (χ3n) is 3.80. The van der Waals surface area contributed by atoms with Gasteiger partial charge in [0.15, 0.2) is 0 Å². The fraction of sp³-hybridized carbons (Fsp3) is 0.400. The average molecular weight is 401 g/mol. The van der Waals surface area contributed by atoms with Gasteiger partial charge in [-0.3, -0.25) is 0 Å². The molecule has 0 fully saturated rings. The largest absolute Gasteiger partial charge is 0.489 e. The summed E-state index contributed by atoms with van der Waals surface area (Å²) in [5.74, 6) is 0.934. The molecule has 0 radical (unpaired) electrons. The lowest BCUT2D eigenvalue weighted by Gasteiger charge is -2.12. The fourth-order valence-corrected chi connectivity index (χ4v) is 2.40. The molecule has 0 saturated carbocycles. The molecule has 0 saturated heterocycles. The number of hydrogen-bond acceptors (Lipinski definition) is 4. The first-order valence-electron chi connectivity index (χ1n) is 8.58. The molecule has 0 aliphatic rings. The number of benzene rings is 2. The van der Waals surface area contributed by atoms with Gasteiger partial charge in [-0.05, 0) is 38.1 Å². The summed E-state index contributed by atoms with van der Waals surface area (Å²) in [6, 6.07) is 16.6. The minimum Gasteiger partial charge on any atom is -0.489 e. The van der Waals surface area contributed by atoms with Gasteiger partial charge in [0.1, 0.15) is 12.4 Å². The molecule has 146 valence electrons. The van der Waals surface area contributed by atoms with E-state index < -0.39 is 0 Å². The molecule has 0 atom stereocenters. The first kappa shape index (κ1) is 24.7. The van der Waals surface area contributed by atoms with E-state index in [-0.39, 0.29) is 31.4 Å². The van der Waals surface area contributed by atoms with E-state index >= 15 is 0 Å². The summed E-state index contributed by atoms with van der Waals surface area (Å²) in [4.78, 5) is 0. The van der Waals surface area contributed by atoms with Gasteiger partial charge in [0.25, 0.3) is 0 Å². The van der Waals surface area contributed by atoms with Gasteiger partial charge < -0.3 is 20.5 Å². The molecule has 26 heavy (non-hydrogen) atoms. The molecule has 0 amide bonds. The normalized spacial score (nSPS) is 9.92. The van der Waals surface area contributed by atoms with E-state index in [1.54, 1.807) is 0 Å². The van der Waals surface area contributed by atoms with Crippen LogP contribution < -0.4 is 15.4 Å². The van der Waals surface area contributed by atoms with E-state index in [9.17, 15) is 0 Å². The molecular weight excluding hydrogens is 371 g/mol. The Morgan fingerprint density at radius 2 is 1.58 bits per heavy atom. The molecule has 0 bridgehead atoms. The summed E-state index contributed by atoms with van der Waals surface area (Å²) in [6.45, 7) is 6.18. The van der Waals surface area contributed by atoms with Crippen LogP contribution >= 0.6 is 24.8 Å². The molecule has 4 nitrogen and oxygen atoms in total. The highest BCUT2D eigenvalue weighted by Gasteiger charge is 2.03. The van der Waals surface area contributed by atoms with Crippen molar-refractivity contribution in [3.8, 4) is 5.75 Å². The van der Waals surface area contributed by atoms with Crippen molar-refractivity contribution >= 4 is 24.8 Å². The van der Waals surface area contributed by atoms with Crippen LogP contribution in [0.1, 0.15) is 23.1 Å².